The number of nitrogens with zero attached hydrogens (tertiary/aromatic N) is 1. The second kappa shape index (κ2) is 7.47. The zero-order valence-corrected chi connectivity index (χ0v) is 12.8. The minimum absolute atomic E-state index is 0.205. The normalized spacial score (nSPS) is 10.0. The first kappa shape index (κ1) is 16.8. The molecule has 1 aromatic rings. The zero-order chi connectivity index (χ0) is 16.0. The lowest BCUT2D eigenvalue weighted by molar-refractivity contribution is 0.0696. The monoisotopic (exact) mass is 290 g/mol. The second-order valence-corrected chi connectivity index (χ2v) is 4.94. The minimum atomic E-state index is -0.997. The fourth-order valence-electron chi connectivity index (χ4n) is 2.06. The Morgan fingerprint density at radius 1 is 1.38 bits per heavy atom. The number of anilines is 1. The lowest BCUT2D eigenvalue weighted by atomic mass is 10.0. The highest BCUT2D eigenvalue weighted by atomic mass is 16.4. The number of urea groups is 1. The number of carbonyl (C=O) groups excluding carboxylic acids is 1. The summed E-state index contributed by atoms with van der Waals surface area (Å²) in [6.45, 7) is 10.3. The molecule has 0 aliphatic heterocycles. The summed E-state index contributed by atoms with van der Waals surface area (Å²) in [6, 6.07) is 3.01. The number of benzene rings is 1. The van der Waals surface area contributed by atoms with E-state index in [1.165, 1.54) is 6.07 Å². The Morgan fingerprint density at radius 2 is 2.05 bits per heavy atom. The standard InChI is InChI=1S/C16H22N2O3/c1-5-7-18(8-6-2)16(21)17-13-9-11(3)12(4)14(10-13)15(19)20/h5,9-10H,1,6-8H2,2-4H3,(H,17,21)(H,19,20). The summed E-state index contributed by atoms with van der Waals surface area (Å²) >= 11 is 0. The number of aryl methyl sites for hydroxylation is 1. The van der Waals surface area contributed by atoms with Crippen LogP contribution in [0.15, 0.2) is 24.8 Å². The molecule has 0 unspecified atom stereocenters. The van der Waals surface area contributed by atoms with Gasteiger partial charge in [0.2, 0.25) is 0 Å². The van der Waals surface area contributed by atoms with Gasteiger partial charge in [-0.05, 0) is 43.5 Å². The molecule has 0 fully saturated rings. The lowest BCUT2D eigenvalue weighted by Crippen LogP contribution is -2.35. The molecule has 1 aromatic carbocycles. The molecule has 0 heterocycles. The number of aromatic carboxylic acids is 1. The highest BCUT2D eigenvalue weighted by Crippen LogP contribution is 2.20. The molecule has 2 amide bonds. The van der Waals surface area contributed by atoms with Crippen molar-refractivity contribution in [3.8, 4) is 0 Å². The molecule has 2 N–H and O–H groups in total. The number of hydrogen-bond donors (Lipinski definition) is 2. The molecule has 1 rings (SSSR count). The Morgan fingerprint density at radius 3 is 2.57 bits per heavy atom. The van der Waals surface area contributed by atoms with Crippen LogP contribution in [-0.2, 0) is 0 Å². The summed E-state index contributed by atoms with van der Waals surface area (Å²) in [4.78, 5) is 25.0. The third-order valence-corrected chi connectivity index (χ3v) is 3.28. The first-order valence-electron chi connectivity index (χ1n) is 6.92. The van der Waals surface area contributed by atoms with Crippen molar-refractivity contribution in [1.29, 1.82) is 0 Å². The average Bonchev–Trinajstić information content (AvgIpc) is 2.42. The van der Waals surface area contributed by atoms with Crippen LogP contribution in [0.25, 0.3) is 0 Å². The maximum absolute atomic E-state index is 12.2. The summed E-state index contributed by atoms with van der Waals surface area (Å²) < 4.78 is 0. The van der Waals surface area contributed by atoms with Gasteiger partial charge in [0.1, 0.15) is 0 Å². The largest absolute Gasteiger partial charge is 0.478 e. The van der Waals surface area contributed by atoms with Gasteiger partial charge in [0.05, 0.1) is 5.56 Å². The molecule has 5 nitrogen and oxygen atoms in total. The van der Waals surface area contributed by atoms with Gasteiger partial charge in [0.25, 0.3) is 0 Å². The Kier molecular flexibility index (Phi) is 5.96. The Bertz CT molecular complexity index is 553. The highest BCUT2D eigenvalue weighted by molar-refractivity contribution is 5.94. The number of nitrogens with one attached hydrogen (secondary N) is 1. The third-order valence-electron chi connectivity index (χ3n) is 3.28. The van der Waals surface area contributed by atoms with Crippen molar-refractivity contribution in [1.82, 2.24) is 4.90 Å². The minimum Gasteiger partial charge on any atom is -0.478 e. The number of carbonyl (C=O) groups is 2. The van der Waals surface area contributed by atoms with Crippen LogP contribution in [0.4, 0.5) is 10.5 Å². The topological polar surface area (TPSA) is 69.6 Å². The summed E-state index contributed by atoms with van der Waals surface area (Å²) in [7, 11) is 0. The second-order valence-electron chi connectivity index (χ2n) is 4.94. The summed E-state index contributed by atoms with van der Waals surface area (Å²) in [6.07, 6.45) is 2.51. The number of carboxylic acid groups (broad SMARTS) is 1. The van der Waals surface area contributed by atoms with Crippen molar-refractivity contribution in [2.45, 2.75) is 27.2 Å². The van der Waals surface area contributed by atoms with Crippen molar-refractivity contribution < 1.29 is 14.7 Å². The Labute approximate surface area is 125 Å². The molecule has 5 heteroatoms. The predicted octanol–water partition coefficient (Wildman–Crippen LogP) is 3.43. The summed E-state index contributed by atoms with van der Waals surface area (Å²) in [5, 5.41) is 11.9. The van der Waals surface area contributed by atoms with Gasteiger partial charge in [-0.15, -0.1) is 6.58 Å². The first-order chi connectivity index (χ1) is 9.90. The van der Waals surface area contributed by atoms with E-state index in [4.69, 9.17) is 0 Å². The van der Waals surface area contributed by atoms with Crippen LogP contribution in [0.5, 0.6) is 0 Å². The number of carboxylic acids is 1. The first-order valence-corrected chi connectivity index (χ1v) is 6.92. The van der Waals surface area contributed by atoms with E-state index in [1.807, 2.05) is 13.8 Å². The van der Waals surface area contributed by atoms with Crippen LogP contribution in [-0.4, -0.2) is 35.1 Å². The van der Waals surface area contributed by atoms with E-state index in [1.54, 1.807) is 24.0 Å². The molecule has 114 valence electrons. The number of amides is 2. The highest BCUT2D eigenvalue weighted by Gasteiger charge is 2.15. The summed E-state index contributed by atoms with van der Waals surface area (Å²) in [5.74, 6) is -0.997. The Balaban J connectivity index is 2.99. The molecule has 0 saturated heterocycles. The van der Waals surface area contributed by atoms with Gasteiger partial charge in [-0.1, -0.05) is 13.0 Å². The van der Waals surface area contributed by atoms with Crippen molar-refractivity contribution in [3.05, 3.63) is 41.5 Å². The number of hydrogen-bond acceptors (Lipinski definition) is 2. The molecule has 21 heavy (non-hydrogen) atoms. The predicted molar refractivity (Wildman–Crippen MR) is 84.0 cm³/mol. The zero-order valence-electron chi connectivity index (χ0n) is 12.8. The molecular weight excluding hydrogens is 268 g/mol. The van der Waals surface area contributed by atoms with E-state index in [0.29, 0.717) is 24.3 Å². The molecule has 0 aliphatic rings. The van der Waals surface area contributed by atoms with Crippen molar-refractivity contribution >= 4 is 17.7 Å². The van der Waals surface area contributed by atoms with Crippen LogP contribution in [0.2, 0.25) is 0 Å². The van der Waals surface area contributed by atoms with Crippen molar-refractivity contribution in [2.24, 2.45) is 0 Å². The fraction of sp³-hybridized carbons (Fsp3) is 0.375. The van der Waals surface area contributed by atoms with E-state index in [9.17, 15) is 14.7 Å². The van der Waals surface area contributed by atoms with E-state index in [-0.39, 0.29) is 11.6 Å². The van der Waals surface area contributed by atoms with Crippen molar-refractivity contribution in [3.63, 3.8) is 0 Å². The molecule has 0 bridgehead atoms. The van der Waals surface area contributed by atoms with E-state index in [0.717, 1.165) is 12.0 Å². The molecule has 0 radical (unpaired) electrons. The van der Waals surface area contributed by atoms with Crippen molar-refractivity contribution in [2.75, 3.05) is 18.4 Å². The van der Waals surface area contributed by atoms with Crippen LogP contribution >= 0.6 is 0 Å². The van der Waals surface area contributed by atoms with Gasteiger partial charge in [0, 0.05) is 18.8 Å². The van der Waals surface area contributed by atoms with Crippen LogP contribution in [0.1, 0.15) is 34.8 Å². The number of rotatable bonds is 6. The van der Waals surface area contributed by atoms with E-state index >= 15 is 0 Å². The Hall–Kier alpha value is -2.30. The van der Waals surface area contributed by atoms with E-state index < -0.39 is 5.97 Å². The molecule has 0 saturated carbocycles. The fourth-order valence-corrected chi connectivity index (χ4v) is 2.06. The van der Waals surface area contributed by atoms with Crippen LogP contribution < -0.4 is 5.32 Å². The van der Waals surface area contributed by atoms with Gasteiger partial charge >= 0.3 is 12.0 Å². The SMILES string of the molecule is C=CCN(CCC)C(=O)Nc1cc(C)c(C)c(C(=O)O)c1. The van der Waals surface area contributed by atoms with Crippen LogP contribution in [0.3, 0.4) is 0 Å². The van der Waals surface area contributed by atoms with Gasteiger partial charge in [-0.3, -0.25) is 0 Å². The van der Waals surface area contributed by atoms with Gasteiger partial charge in [-0.25, -0.2) is 9.59 Å². The molecule has 0 aromatic heterocycles. The lowest BCUT2D eigenvalue weighted by Gasteiger charge is -2.21. The molecular formula is C16H22N2O3. The van der Waals surface area contributed by atoms with E-state index in [2.05, 4.69) is 11.9 Å². The molecule has 0 aliphatic carbocycles. The van der Waals surface area contributed by atoms with Crippen LogP contribution in [0, 0.1) is 13.8 Å². The third kappa shape index (κ3) is 4.34. The maximum atomic E-state index is 12.2. The van der Waals surface area contributed by atoms with Gasteiger partial charge < -0.3 is 15.3 Å². The smallest absolute Gasteiger partial charge is 0.336 e. The molecule has 0 spiro atoms. The van der Waals surface area contributed by atoms with Gasteiger partial charge in [-0.2, -0.15) is 0 Å². The average molecular weight is 290 g/mol. The maximum Gasteiger partial charge on any atom is 0.336 e. The summed E-state index contributed by atoms with van der Waals surface area (Å²) in [5.41, 5.74) is 2.23. The molecule has 0 atom stereocenters. The van der Waals surface area contributed by atoms with Gasteiger partial charge in [0.15, 0.2) is 0 Å². The quantitative estimate of drug-likeness (QED) is 0.789.